The number of rotatable bonds is 5. The van der Waals surface area contributed by atoms with Gasteiger partial charge in [-0.1, -0.05) is 26.0 Å². The van der Waals surface area contributed by atoms with Crippen LogP contribution in [0.2, 0.25) is 0 Å². The molecule has 4 N–H and O–H groups in total. The maximum Gasteiger partial charge on any atom is 0.265 e. The topological polar surface area (TPSA) is 67.2 Å². The number of benzene rings is 1. The number of halogens is 1. The molecule has 1 aromatic carbocycles. The van der Waals surface area contributed by atoms with Gasteiger partial charge in [-0.2, -0.15) is 0 Å². The number of nitrogens with one attached hydrogen (secondary N) is 2. The molecule has 1 aliphatic carbocycles. The van der Waals surface area contributed by atoms with Gasteiger partial charge in [-0.3, -0.25) is 10.6 Å². The molecule has 1 atom stereocenters. The van der Waals surface area contributed by atoms with Gasteiger partial charge in [0.05, 0.1) is 10.6 Å². The zero-order valence-corrected chi connectivity index (χ0v) is 16.5. The highest BCUT2D eigenvalue weighted by atomic mass is 32.1. The number of allylic oxidation sites excluding steroid dienone is 4. The number of hydrazine groups is 1. The Morgan fingerprint density at radius 3 is 2.85 bits per heavy atom. The van der Waals surface area contributed by atoms with Crippen LogP contribution in [0.3, 0.4) is 0 Å². The van der Waals surface area contributed by atoms with Crippen LogP contribution < -0.4 is 16.6 Å². The minimum absolute atomic E-state index is 0.130. The molecular weight excluding hydrogens is 361 g/mol. The molecule has 0 radical (unpaired) electrons. The zero-order chi connectivity index (χ0) is 19.6. The van der Waals surface area contributed by atoms with E-state index in [1.165, 1.54) is 17.4 Å². The Hall–Kier alpha value is -2.44. The molecule has 6 heteroatoms. The minimum Gasteiger partial charge on any atom is -0.324 e. The van der Waals surface area contributed by atoms with Crippen LogP contribution in [0.4, 0.5) is 15.8 Å². The number of hydrogen-bond donors (Lipinski definition) is 3. The molecule has 1 aliphatic rings. The van der Waals surface area contributed by atoms with Gasteiger partial charge in [0.1, 0.15) is 5.83 Å². The summed E-state index contributed by atoms with van der Waals surface area (Å²) in [5, 5.41) is 4.78. The monoisotopic (exact) mass is 387 g/mol. The second-order valence-corrected chi connectivity index (χ2v) is 6.89. The Morgan fingerprint density at radius 2 is 2.15 bits per heavy atom. The summed E-state index contributed by atoms with van der Waals surface area (Å²) in [6, 6.07) is 9.21. The van der Waals surface area contributed by atoms with E-state index in [1.54, 1.807) is 12.1 Å². The summed E-state index contributed by atoms with van der Waals surface area (Å²) in [5.74, 6) is 5.52. The number of nitrogen functional groups attached to an aromatic ring is 1. The molecule has 1 aromatic heterocycles. The molecular formula is C21H26FN3OS. The first-order chi connectivity index (χ1) is 13.2. The lowest BCUT2D eigenvalue weighted by Crippen LogP contribution is -2.14. The van der Waals surface area contributed by atoms with Crippen molar-refractivity contribution in [3.63, 3.8) is 0 Å². The van der Waals surface area contributed by atoms with E-state index in [4.69, 9.17) is 5.84 Å². The van der Waals surface area contributed by atoms with Crippen molar-refractivity contribution in [3.05, 3.63) is 70.2 Å². The van der Waals surface area contributed by atoms with Crippen LogP contribution >= 0.6 is 11.3 Å². The maximum atomic E-state index is 13.3. The molecule has 0 saturated heterocycles. The Bertz CT molecular complexity index is 800. The van der Waals surface area contributed by atoms with E-state index < -0.39 is 0 Å². The SMILES string of the molecule is CC.NNc1ccc(NC(=O)c2cccs2)cc1CC1C=CC(F)=CCC1. The van der Waals surface area contributed by atoms with Gasteiger partial charge in [0.25, 0.3) is 5.91 Å². The summed E-state index contributed by atoms with van der Waals surface area (Å²) in [4.78, 5) is 12.9. The average Bonchev–Trinajstić information content (AvgIpc) is 3.15. The van der Waals surface area contributed by atoms with Crippen LogP contribution in [0.1, 0.15) is 41.9 Å². The van der Waals surface area contributed by atoms with Crippen LogP contribution in [0.25, 0.3) is 0 Å². The lowest BCUT2D eigenvalue weighted by molar-refractivity contribution is 0.103. The van der Waals surface area contributed by atoms with Gasteiger partial charge < -0.3 is 10.7 Å². The number of carbonyl (C=O) groups is 1. The number of anilines is 2. The van der Waals surface area contributed by atoms with Crippen molar-refractivity contribution in [3.8, 4) is 0 Å². The molecule has 3 rings (SSSR count). The Morgan fingerprint density at radius 1 is 1.33 bits per heavy atom. The highest BCUT2D eigenvalue weighted by Gasteiger charge is 2.13. The Kier molecular flexibility index (Phi) is 8.23. The van der Waals surface area contributed by atoms with Crippen molar-refractivity contribution in [2.24, 2.45) is 11.8 Å². The summed E-state index contributed by atoms with van der Waals surface area (Å²) in [6.07, 6.45) is 7.34. The summed E-state index contributed by atoms with van der Waals surface area (Å²) in [6.45, 7) is 4.00. The normalized spacial score (nSPS) is 15.9. The minimum atomic E-state index is -0.184. The van der Waals surface area contributed by atoms with Gasteiger partial charge in [0, 0.05) is 5.69 Å². The summed E-state index contributed by atoms with van der Waals surface area (Å²) in [7, 11) is 0. The smallest absolute Gasteiger partial charge is 0.265 e. The third-order valence-electron chi connectivity index (χ3n) is 4.15. The highest BCUT2D eigenvalue weighted by Crippen LogP contribution is 2.27. The van der Waals surface area contributed by atoms with E-state index in [0.29, 0.717) is 17.0 Å². The lowest BCUT2D eigenvalue weighted by Gasteiger charge is -2.16. The molecule has 0 bridgehead atoms. The predicted octanol–water partition coefficient (Wildman–Crippen LogP) is 5.67. The first-order valence-corrected chi connectivity index (χ1v) is 10.0. The van der Waals surface area contributed by atoms with Crippen molar-refractivity contribution in [1.82, 2.24) is 0 Å². The summed E-state index contributed by atoms with van der Waals surface area (Å²) in [5.41, 5.74) is 5.21. The fraction of sp³-hybridized carbons (Fsp3) is 0.286. The molecule has 0 aliphatic heterocycles. The number of hydrogen-bond acceptors (Lipinski definition) is 4. The second kappa shape index (κ2) is 10.6. The largest absolute Gasteiger partial charge is 0.324 e. The lowest BCUT2D eigenvalue weighted by atomic mass is 9.94. The maximum absolute atomic E-state index is 13.3. The van der Waals surface area contributed by atoms with E-state index in [2.05, 4.69) is 10.7 Å². The molecule has 27 heavy (non-hydrogen) atoms. The first kappa shape index (κ1) is 20.9. The first-order valence-electron chi connectivity index (χ1n) is 9.14. The fourth-order valence-corrected chi connectivity index (χ4v) is 3.48. The van der Waals surface area contributed by atoms with E-state index >= 15 is 0 Å². The zero-order valence-electron chi connectivity index (χ0n) is 15.7. The molecule has 1 heterocycles. The van der Waals surface area contributed by atoms with Gasteiger partial charge in [0.2, 0.25) is 0 Å². The van der Waals surface area contributed by atoms with Crippen LogP contribution in [-0.2, 0) is 6.42 Å². The third-order valence-corrected chi connectivity index (χ3v) is 5.02. The van der Waals surface area contributed by atoms with Crippen LogP contribution in [-0.4, -0.2) is 5.91 Å². The van der Waals surface area contributed by atoms with Crippen LogP contribution in [0.5, 0.6) is 0 Å². The highest BCUT2D eigenvalue weighted by molar-refractivity contribution is 7.12. The number of carbonyl (C=O) groups excluding carboxylic acids is 1. The third kappa shape index (κ3) is 6.05. The van der Waals surface area contributed by atoms with E-state index in [0.717, 1.165) is 24.1 Å². The average molecular weight is 388 g/mol. The predicted molar refractivity (Wildman–Crippen MR) is 113 cm³/mol. The molecule has 144 valence electrons. The van der Waals surface area contributed by atoms with Gasteiger partial charge >= 0.3 is 0 Å². The summed E-state index contributed by atoms with van der Waals surface area (Å²) >= 11 is 1.40. The van der Waals surface area contributed by atoms with Crippen molar-refractivity contribution in [1.29, 1.82) is 0 Å². The molecule has 0 saturated carbocycles. The van der Waals surface area contributed by atoms with Crippen molar-refractivity contribution < 1.29 is 9.18 Å². The van der Waals surface area contributed by atoms with E-state index in [1.807, 2.05) is 49.6 Å². The van der Waals surface area contributed by atoms with Crippen LogP contribution in [0, 0.1) is 5.92 Å². The van der Waals surface area contributed by atoms with Gasteiger partial charge in [-0.05, 0) is 72.5 Å². The van der Waals surface area contributed by atoms with Crippen molar-refractivity contribution in [2.75, 3.05) is 10.7 Å². The molecule has 0 fully saturated rings. The quantitative estimate of drug-likeness (QED) is 0.457. The van der Waals surface area contributed by atoms with E-state index in [9.17, 15) is 9.18 Å². The molecule has 2 aromatic rings. The van der Waals surface area contributed by atoms with Crippen molar-refractivity contribution in [2.45, 2.75) is 33.1 Å². The Labute approximate surface area is 164 Å². The Balaban J connectivity index is 0.00000126. The summed E-state index contributed by atoms with van der Waals surface area (Å²) < 4.78 is 13.3. The molecule has 0 spiro atoms. The van der Waals surface area contributed by atoms with Gasteiger partial charge in [-0.25, -0.2) is 4.39 Å². The van der Waals surface area contributed by atoms with Crippen molar-refractivity contribution >= 4 is 28.6 Å². The fourth-order valence-electron chi connectivity index (χ4n) is 2.86. The van der Waals surface area contributed by atoms with Gasteiger partial charge in [-0.15, -0.1) is 11.3 Å². The molecule has 1 amide bonds. The van der Waals surface area contributed by atoms with E-state index in [-0.39, 0.29) is 17.7 Å². The molecule has 4 nitrogen and oxygen atoms in total. The van der Waals surface area contributed by atoms with Crippen LogP contribution in [0.15, 0.2) is 59.8 Å². The second-order valence-electron chi connectivity index (χ2n) is 5.94. The standard InChI is InChI=1S/C19H20FN3OS.C2H6/c20-15-4-1-3-13(6-7-15)11-14-12-16(8-9-17(14)23-21)22-19(24)18-5-2-10-25-18;1-2/h2,4-10,12-13,23H,1,3,11,21H2,(H,22,24);1-2H3. The number of thiophene rings is 1. The number of amides is 1. The molecule has 1 unspecified atom stereocenters. The van der Waals surface area contributed by atoms with Gasteiger partial charge in [0.15, 0.2) is 0 Å². The number of nitrogens with two attached hydrogens (primary N) is 1.